The lowest BCUT2D eigenvalue weighted by atomic mass is 10.2. The number of hydrogen-bond acceptors (Lipinski definition) is 4. The van der Waals surface area contributed by atoms with E-state index in [1.54, 1.807) is 11.3 Å². The number of hydrogen-bond donors (Lipinski definition) is 0. The molecule has 0 spiro atoms. The maximum Gasteiger partial charge on any atom is 0.234 e. The summed E-state index contributed by atoms with van der Waals surface area (Å²) in [5.41, 5.74) is 0. The molecule has 0 amide bonds. The average molecular weight is 266 g/mol. The predicted octanol–water partition coefficient (Wildman–Crippen LogP) is 3.65. The van der Waals surface area contributed by atoms with Crippen LogP contribution in [0.2, 0.25) is 0 Å². The molecule has 0 saturated heterocycles. The molecule has 2 aromatic heterocycles. The second-order valence-corrected chi connectivity index (χ2v) is 5.76. The average Bonchev–Trinajstić information content (AvgIpc) is 2.91. The van der Waals surface area contributed by atoms with Crippen LogP contribution in [0.25, 0.3) is 4.96 Å². The van der Waals surface area contributed by atoms with Crippen molar-refractivity contribution in [1.29, 1.82) is 0 Å². The highest BCUT2D eigenvalue weighted by molar-refractivity contribution is 7.16. The Labute approximate surface area is 112 Å². The van der Waals surface area contributed by atoms with Crippen LogP contribution in [0.3, 0.4) is 0 Å². The maximum absolute atomic E-state index is 4.63. The molecule has 2 heterocycles. The second-order valence-electron chi connectivity index (χ2n) is 4.72. The quantitative estimate of drug-likeness (QED) is 0.685. The van der Waals surface area contributed by atoms with Gasteiger partial charge in [0.1, 0.15) is 5.01 Å². The molecule has 0 radical (unpaired) electrons. The van der Waals surface area contributed by atoms with Gasteiger partial charge in [-0.15, -0.1) is 10.2 Å². The largest absolute Gasteiger partial charge is 0.234 e. The Kier molecular flexibility index (Phi) is 5.11. The molecule has 5 heteroatoms. The smallest absolute Gasteiger partial charge is 0.187 e. The summed E-state index contributed by atoms with van der Waals surface area (Å²) in [6.07, 6.45) is 9.51. The molecule has 2 aromatic rings. The fourth-order valence-corrected chi connectivity index (χ4v) is 2.91. The zero-order chi connectivity index (χ0) is 12.8. The summed E-state index contributed by atoms with van der Waals surface area (Å²) in [7, 11) is 0. The first kappa shape index (κ1) is 13.5. The number of nitrogens with zero attached hydrogens (tertiary/aromatic N) is 4. The zero-order valence-corrected chi connectivity index (χ0v) is 12.2. The molecule has 0 aromatic carbocycles. The minimum absolute atomic E-state index is 0.952. The first-order chi connectivity index (χ1) is 8.85. The van der Waals surface area contributed by atoms with Gasteiger partial charge in [0.15, 0.2) is 5.82 Å². The van der Waals surface area contributed by atoms with Gasteiger partial charge in [-0.2, -0.15) is 9.61 Å². The summed E-state index contributed by atoms with van der Waals surface area (Å²) < 4.78 is 1.95. The Balaban J connectivity index is 1.99. The van der Waals surface area contributed by atoms with Crippen molar-refractivity contribution in [3.05, 3.63) is 10.8 Å². The number of rotatable bonds is 8. The lowest BCUT2D eigenvalue weighted by Crippen LogP contribution is -1.97. The summed E-state index contributed by atoms with van der Waals surface area (Å²) in [5.74, 6) is 1.02. The van der Waals surface area contributed by atoms with Crippen LogP contribution in [-0.4, -0.2) is 19.8 Å². The Hall–Kier alpha value is -0.970. The van der Waals surface area contributed by atoms with Crippen molar-refractivity contribution in [2.24, 2.45) is 0 Å². The highest BCUT2D eigenvalue weighted by Crippen LogP contribution is 2.17. The van der Waals surface area contributed by atoms with E-state index in [9.17, 15) is 0 Å². The fraction of sp³-hybridized carbons (Fsp3) is 0.769. The van der Waals surface area contributed by atoms with Crippen LogP contribution in [0, 0.1) is 0 Å². The van der Waals surface area contributed by atoms with Crippen LogP contribution in [0.5, 0.6) is 0 Å². The van der Waals surface area contributed by atoms with Crippen molar-refractivity contribution in [2.75, 3.05) is 0 Å². The fourth-order valence-electron chi connectivity index (χ4n) is 2.01. The third-order valence-corrected chi connectivity index (χ3v) is 4.05. The standard InChI is InChI=1S/C13H22N4S/c1-3-5-7-9-11-14-15-13-17(11)16-12(18-13)10-8-6-4-2/h3-10H2,1-2H3. The van der Waals surface area contributed by atoms with Gasteiger partial charge < -0.3 is 0 Å². The number of aromatic nitrogens is 4. The van der Waals surface area contributed by atoms with Gasteiger partial charge in [0.25, 0.3) is 0 Å². The van der Waals surface area contributed by atoms with E-state index >= 15 is 0 Å². The lowest BCUT2D eigenvalue weighted by molar-refractivity contribution is 0.668. The third kappa shape index (κ3) is 3.28. The van der Waals surface area contributed by atoms with E-state index in [4.69, 9.17) is 0 Å². The third-order valence-electron chi connectivity index (χ3n) is 3.10. The van der Waals surface area contributed by atoms with Crippen LogP contribution >= 0.6 is 11.3 Å². The molecule has 0 bridgehead atoms. The normalized spacial score (nSPS) is 11.4. The summed E-state index contributed by atoms with van der Waals surface area (Å²) in [6.45, 7) is 4.44. The van der Waals surface area contributed by atoms with Crippen LogP contribution in [0.1, 0.15) is 63.2 Å². The van der Waals surface area contributed by atoms with Crippen molar-refractivity contribution in [3.8, 4) is 0 Å². The number of fused-ring (bicyclic) bond motifs is 1. The molecule has 0 unspecified atom stereocenters. The van der Waals surface area contributed by atoms with Crippen molar-refractivity contribution in [2.45, 2.75) is 65.2 Å². The van der Waals surface area contributed by atoms with Crippen molar-refractivity contribution < 1.29 is 0 Å². The highest BCUT2D eigenvalue weighted by atomic mass is 32.1. The van der Waals surface area contributed by atoms with Crippen LogP contribution in [-0.2, 0) is 12.8 Å². The Morgan fingerprint density at radius 1 is 0.944 bits per heavy atom. The minimum Gasteiger partial charge on any atom is -0.187 e. The topological polar surface area (TPSA) is 43.1 Å². The first-order valence-electron chi connectivity index (χ1n) is 7.05. The molecule has 0 fully saturated rings. The van der Waals surface area contributed by atoms with Crippen molar-refractivity contribution in [3.63, 3.8) is 0 Å². The molecule has 0 aliphatic carbocycles. The van der Waals surface area contributed by atoms with E-state index in [1.165, 1.54) is 43.5 Å². The molecule has 18 heavy (non-hydrogen) atoms. The van der Waals surface area contributed by atoms with Crippen LogP contribution < -0.4 is 0 Å². The van der Waals surface area contributed by atoms with Crippen molar-refractivity contribution in [1.82, 2.24) is 19.8 Å². The zero-order valence-electron chi connectivity index (χ0n) is 11.4. The van der Waals surface area contributed by atoms with E-state index in [-0.39, 0.29) is 0 Å². The molecule has 0 aliphatic heterocycles. The minimum atomic E-state index is 0.952. The highest BCUT2D eigenvalue weighted by Gasteiger charge is 2.10. The summed E-state index contributed by atoms with van der Waals surface area (Å²) >= 11 is 1.69. The van der Waals surface area contributed by atoms with Crippen molar-refractivity contribution >= 4 is 16.3 Å². The number of aryl methyl sites for hydroxylation is 2. The molecule has 2 rings (SSSR count). The van der Waals surface area contributed by atoms with E-state index in [0.717, 1.165) is 23.6 Å². The van der Waals surface area contributed by atoms with Gasteiger partial charge in [-0.05, 0) is 12.8 Å². The van der Waals surface area contributed by atoms with E-state index in [0.29, 0.717) is 0 Å². The summed E-state index contributed by atoms with van der Waals surface area (Å²) in [6, 6.07) is 0. The van der Waals surface area contributed by atoms with Gasteiger partial charge in [-0.1, -0.05) is 50.9 Å². The second kappa shape index (κ2) is 6.83. The van der Waals surface area contributed by atoms with Gasteiger partial charge in [-0.3, -0.25) is 0 Å². The Morgan fingerprint density at radius 2 is 1.67 bits per heavy atom. The summed E-state index contributed by atoms with van der Waals surface area (Å²) in [4.78, 5) is 0.952. The SMILES string of the molecule is CCCCCc1nn2c(CCCCC)nnc2s1. The van der Waals surface area contributed by atoms with E-state index in [2.05, 4.69) is 29.1 Å². The molecule has 0 aliphatic rings. The van der Waals surface area contributed by atoms with Gasteiger partial charge in [0.05, 0.1) is 0 Å². The Bertz CT molecular complexity index is 474. The van der Waals surface area contributed by atoms with Gasteiger partial charge in [0, 0.05) is 12.8 Å². The molecular formula is C13H22N4S. The molecule has 0 atom stereocenters. The van der Waals surface area contributed by atoms with E-state index in [1.807, 2.05) is 4.52 Å². The molecule has 4 nitrogen and oxygen atoms in total. The van der Waals surface area contributed by atoms with Gasteiger partial charge >= 0.3 is 0 Å². The molecule has 0 saturated carbocycles. The molecular weight excluding hydrogens is 244 g/mol. The molecule has 0 N–H and O–H groups in total. The first-order valence-corrected chi connectivity index (χ1v) is 7.86. The monoisotopic (exact) mass is 266 g/mol. The number of unbranched alkanes of at least 4 members (excludes halogenated alkanes) is 4. The van der Waals surface area contributed by atoms with Gasteiger partial charge in [0.2, 0.25) is 4.96 Å². The molecule has 100 valence electrons. The van der Waals surface area contributed by atoms with Crippen LogP contribution in [0.15, 0.2) is 0 Å². The predicted molar refractivity (Wildman–Crippen MR) is 75.1 cm³/mol. The van der Waals surface area contributed by atoms with Gasteiger partial charge in [-0.25, -0.2) is 0 Å². The maximum atomic E-state index is 4.63. The Morgan fingerprint density at radius 3 is 2.39 bits per heavy atom. The summed E-state index contributed by atoms with van der Waals surface area (Å²) in [5, 5.41) is 14.3. The van der Waals surface area contributed by atoms with E-state index < -0.39 is 0 Å². The lowest BCUT2D eigenvalue weighted by Gasteiger charge is -1.96. The van der Waals surface area contributed by atoms with Crippen LogP contribution in [0.4, 0.5) is 0 Å².